The number of ether oxygens (including phenoxy) is 1. The van der Waals surface area contributed by atoms with Gasteiger partial charge in [-0.15, -0.1) is 0 Å². The zero-order valence-corrected chi connectivity index (χ0v) is 17.3. The minimum absolute atomic E-state index is 0.0876. The molecule has 164 valence electrons. The first kappa shape index (κ1) is 20.1. The number of rotatable bonds is 3. The number of aromatic nitrogens is 3. The molecule has 1 aromatic carbocycles. The van der Waals surface area contributed by atoms with Crippen LogP contribution in [0.2, 0.25) is 0 Å². The molecule has 1 fully saturated rings. The van der Waals surface area contributed by atoms with Crippen molar-refractivity contribution in [3.05, 3.63) is 64.7 Å². The summed E-state index contributed by atoms with van der Waals surface area (Å²) in [4.78, 5) is 43.0. The van der Waals surface area contributed by atoms with Gasteiger partial charge in [0.1, 0.15) is 11.4 Å². The van der Waals surface area contributed by atoms with Gasteiger partial charge in [0.2, 0.25) is 11.1 Å². The van der Waals surface area contributed by atoms with Gasteiger partial charge in [-0.05, 0) is 30.3 Å². The van der Waals surface area contributed by atoms with Crippen LogP contribution < -0.4 is 20.9 Å². The van der Waals surface area contributed by atoms with Crippen LogP contribution in [0.25, 0.3) is 21.8 Å². The van der Waals surface area contributed by atoms with Crippen LogP contribution in [0.5, 0.6) is 11.6 Å². The van der Waals surface area contributed by atoms with Gasteiger partial charge in [0.25, 0.3) is 5.91 Å². The largest absolute Gasteiger partial charge is 0.497 e. The van der Waals surface area contributed by atoms with Crippen molar-refractivity contribution in [1.82, 2.24) is 25.2 Å². The van der Waals surface area contributed by atoms with Crippen LogP contribution in [0.4, 0.5) is 4.79 Å². The van der Waals surface area contributed by atoms with Crippen LogP contribution >= 0.6 is 0 Å². The van der Waals surface area contributed by atoms with E-state index in [9.17, 15) is 19.5 Å². The number of hydrogen-bond acceptors (Lipinski definition) is 6. The van der Waals surface area contributed by atoms with E-state index in [1.807, 2.05) is 0 Å². The Kier molecular flexibility index (Phi) is 4.53. The zero-order chi connectivity index (χ0) is 23.2. The maximum Gasteiger partial charge on any atom is 0.323 e. The standard InChI is InChI=1S/C23H17N5O5/c1-33-16-4-2-15-11-28(20(30)17(15)9-16)12-23(21(31)26-22(32)27-23)7-6-13-8-14-3-5-18(29)25-19(14)24-10-13/h2-5,8-11,30H,12H2,1H3,(H,24,25,29)(H2,26,27,31,32)/t23-/m1/s1. The van der Waals surface area contributed by atoms with E-state index in [1.54, 1.807) is 36.5 Å². The van der Waals surface area contributed by atoms with Crippen molar-refractivity contribution in [1.29, 1.82) is 0 Å². The molecule has 4 aromatic rings. The molecule has 0 saturated carbocycles. The fourth-order valence-electron chi connectivity index (χ4n) is 3.74. The summed E-state index contributed by atoms with van der Waals surface area (Å²) in [6.07, 6.45) is 3.13. The van der Waals surface area contributed by atoms with Gasteiger partial charge in [-0.1, -0.05) is 11.8 Å². The van der Waals surface area contributed by atoms with E-state index >= 15 is 0 Å². The number of nitrogens with one attached hydrogen (secondary N) is 3. The molecule has 1 aliphatic heterocycles. The normalized spacial score (nSPS) is 17.5. The number of H-pyrrole nitrogens is 1. The number of urea groups is 1. The lowest BCUT2D eigenvalue weighted by Gasteiger charge is -2.20. The molecule has 0 bridgehead atoms. The Labute approximate surface area is 186 Å². The van der Waals surface area contributed by atoms with Gasteiger partial charge in [-0.2, -0.15) is 0 Å². The third-order valence-electron chi connectivity index (χ3n) is 5.41. The van der Waals surface area contributed by atoms with Gasteiger partial charge in [0, 0.05) is 40.2 Å². The number of pyridine rings is 2. The van der Waals surface area contributed by atoms with Crippen LogP contribution in [0.1, 0.15) is 5.56 Å². The summed E-state index contributed by atoms with van der Waals surface area (Å²) in [5, 5.41) is 17.5. The van der Waals surface area contributed by atoms with Crippen LogP contribution in [0, 0.1) is 11.8 Å². The minimum Gasteiger partial charge on any atom is -0.497 e. The molecule has 4 N–H and O–H groups in total. The second kappa shape index (κ2) is 7.42. The topological polar surface area (TPSA) is 138 Å². The van der Waals surface area contributed by atoms with Crippen molar-refractivity contribution in [2.24, 2.45) is 0 Å². The maximum atomic E-state index is 12.7. The first-order valence-electron chi connectivity index (χ1n) is 9.89. The van der Waals surface area contributed by atoms with E-state index in [-0.39, 0.29) is 18.0 Å². The Balaban J connectivity index is 1.56. The molecule has 1 atom stereocenters. The molecule has 1 saturated heterocycles. The number of benzene rings is 1. The predicted octanol–water partition coefficient (Wildman–Crippen LogP) is 1.22. The van der Waals surface area contributed by atoms with Gasteiger partial charge in [-0.25, -0.2) is 9.78 Å². The zero-order valence-electron chi connectivity index (χ0n) is 17.3. The summed E-state index contributed by atoms with van der Waals surface area (Å²) in [6, 6.07) is 9.24. The third kappa shape index (κ3) is 3.51. The first-order valence-corrected chi connectivity index (χ1v) is 9.89. The number of aromatic hydroxyl groups is 1. The Hall–Kier alpha value is -4.78. The Morgan fingerprint density at radius 3 is 2.73 bits per heavy atom. The molecule has 10 heteroatoms. The van der Waals surface area contributed by atoms with Crippen molar-refractivity contribution >= 4 is 33.7 Å². The number of hydrogen-bond donors (Lipinski definition) is 4. The molecule has 3 aromatic heterocycles. The first-order chi connectivity index (χ1) is 15.9. The smallest absolute Gasteiger partial charge is 0.323 e. The van der Waals surface area contributed by atoms with Crippen LogP contribution in [-0.2, 0) is 11.3 Å². The Bertz CT molecular complexity index is 1580. The van der Waals surface area contributed by atoms with Gasteiger partial charge >= 0.3 is 6.03 Å². The number of aromatic amines is 1. The molecule has 0 aliphatic carbocycles. The van der Waals surface area contributed by atoms with Gasteiger partial charge in [-0.3, -0.25) is 14.9 Å². The van der Waals surface area contributed by atoms with E-state index in [0.717, 1.165) is 5.39 Å². The van der Waals surface area contributed by atoms with Crippen molar-refractivity contribution in [3.63, 3.8) is 0 Å². The SMILES string of the molecule is COc1ccc2cn(C[C@@]3(C#Cc4cnc5[nH]c(=O)ccc5c4)NC(=O)NC3=O)c(O)c2c1. The predicted molar refractivity (Wildman–Crippen MR) is 119 cm³/mol. The summed E-state index contributed by atoms with van der Waals surface area (Å²) in [6.45, 7) is -0.130. The fraction of sp³-hybridized carbons (Fsp3) is 0.130. The molecule has 1 aliphatic rings. The highest BCUT2D eigenvalue weighted by atomic mass is 16.5. The highest BCUT2D eigenvalue weighted by Crippen LogP contribution is 2.32. The number of fused-ring (bicyclic) bond motifs is 2. The van der Waals surface area contributed by atoms with E-state index < -0.39 is 17.5 Å². The van der Waals surface area contributed by atoms with E-state index in [0.29, 0.717) is 27.7 Å². The summed E-state index contributed by atoms with van der Waals surface area (Å²) in [5.74, 6) is 5.58. The highest BCUT2D eigenvalue weighted by Gasteiger charge is 2.46. The lowest BCUT2D eigenvalue weighted by atomic mass is 10.00. The number of methoxy groups -OCH3 is 1. The Morgan fingerprint density at radius 1 is 1.15 bits per heavy atom. The quantitative estimate of drug-likeness (QED) is 0.277. The number of nitrogens with zero attached hydrogens (tertiary/aromatic N) is 2. The van der Waals surface area contributed by atoms with Crippen molar-refractivity contribution in [2.75, 3.05) is 7.11 Å². The van der Waals surface area contributed by atoms with Gasteiger partial charge in [0.05, 0.1) is 13.7 Å². The monoisotopic (exact) mass is 443 g/mol. The number of carbonyl (C=O) groups is 2. The summed E-state index contributed by atoms with van der Waals surface area (Å²) >= 11 is 0. The second-order valence-electron chi connectivity index (χ2n) is 7.58. The maximum absolute atomic E-state index is 12.7. The lowest BCUT2D eigenvalue weighted by molar-refractivity contribution is -0.122. The van der Waals surface area contributed by atoms with Gasteiger partial charge < -0.3 is 24.7 Å². The minimum atomic E-state index is -1.62. The average Bonchev–Trinajstić information content (AvgIpc) is 3.26. The van der Waals surface area contributed by atoms with Crippen molar-refractivity contribution in [3.8, 4) is 23.5 Å². The molecule has 33 heavy (non-hydrogen) atoms. The van der Waals surface area contributed by atoms with Crippen LogP contribution in [0.3, 0.4) is 0 Å². The summed E-state index contributed by atoms with van der Waals surface area (Å²) in [7, 11) is 1.53. The number of amides is 3. The lowest BCUT2D eigenvalue weighted by Crippen LogP contribution is -2.49. The second-order valence-corrected chi connectivity index (χ2v) is 7.58. The molecular formula is C23H17N5O5. The molecule has 4 heterocycles. The van der Waals surface area contributed by atoms with Crippen molar-refractivity contribution < 1.29 is 19.4 Å². The van der Waals surface area contributed by atoms with Crippen LogP contribution in [-0.4, -0.2) is 44.2 Å². The van der Waals surface area contributed by atoms with E-state index in [2.05, 4.69) is 32.4 Å². The molecule has 0 unspecified atom stereocenters. The van der Waals surface area contributed by atoms with Crippen molar-refractivity contribution in [2.45, 2.75) is 12.1 Å². The number of carbonyl (C=O) groups excluding carboxylic acids is 2. The van der Waals surface area contributed by atoms with E-state index in [4.69, 9.17) is 4.74 Å². The van der Waals surface area contributed by atoms with Crippen LogP contribution in [0.15, 0.2) is 53.6 Å². The summed E-state index contributed by atoms with van der Waals surface area (Å²) < 4.78 is 6.66. The average molecular weight is 443 g/mol. The third-order valence-corrected chi connectivity index (χ3v) is 5.41. The summed E-state index contributed by atoms with van der Waals surface area (Å²) in [5.41, 5.74) is -0.994. The number of imide groups is 1. The fourth-order valence-corrected chi connectivity index (χ4v) is 3.74. The molecule has 10 nitrogen and oxygen atoms in total. The highest BCUT2D eigenvalue weighted by molar-refractivity contribution is 6.09. The molecule has 3 amide bonds. The van der Waals surface area contributed by atoms with Gasteiger partial charge in [0.15, 0.2) is 5.88 Å². The molecule has 0 spiro atoms. The Morgan fingerprint density at radius 2 is 1.97 bits per heavy atom. The molecule has 0 radical (unpaired) electrons. The van der Waals surface area contributed by atoms with E-state index in [1.165, 1.54) is 23.9 Å². The molecule has 5 rings (SSSR count). The molecular weight excluding hydrogens is 426 g/mol.